The van der Waals surface area contributed by atoms with Crippen LogP contribution in [0.1, 0.15) is 44.0 Å². The van der Waals surface area contributed by atoms with E-state index in [0.29, 0.717) is 6.04 Å². The Morgan fingerprint density at radius 1 is 0.816 bits per heavy atom. The molecule has 7 heteroatoms. The lowest BCUT2D eigenvalue weighted by atomic mass is 9.83. The summed E-state index contributed by atoms with van der Waals surface area (Å²) in [6.07, 6.45) is 5.62. The van der Waals surface area contributed by atoms with Crippen molar-refractivity contribution in [3.63, 3.8) is 0 Å². The summed E-state index contributed by atoms with van der Waals surface area (Å²) in [4.78, 5) is 12.7. The van der Waals surface area contributed by atoms with Gasteiger partial charge in [0.2, 0.25) is 0 Å². The molecule has 0 aliphatic heterocycles. The van der Waals surface area contributed by atoms with E-state index >= 15 is 0 Å². The van der Waals surface area contributed by atoms with Crippen molar-refractivity contribution in [2.24, 2.45) is 17.8 Å². The molecule has 0 unspecified atom stereocenters. The number of rotatable bonds is 10. The minimum absolute atomic E-state index is 0.484. The Balaban J connectivity index is 1.26. The second-order valence-electron chi connectivity index (χ2n) is 10.7. The number of para-hydroxylation sites is 2. The first kappa shape index (κ1) is 25.5. The molecule has 0 saturated heterocycles. The quantitative estimate of drug-likeness (QED) is 0.204. The van der Waals surface area contributed by atoms with Crippen molar-refractivity contribution in [3.8, 4) is 32.6 Å². The largest absolute Gasteiger partial charge is 0.496 e. The summed E-state index contributed by atoms with van der Waals surface area (Å²) in [5.41, 5.74) is 4.34. The number of hydrogen-bond donors (Lipinski definition) is 0. The van der Waals surface area contributed by atoms with Gasteiger partial charge in [-0.15, -0.1) is 22.7 Å². The molecule has 4 aromatic rings. The number of ether oxygens (including phenoxy) is 2. The lowest BCUT2D eigenvalue weighted by Crippen LogP contribution is -2.40. The van der Waals surface area contributed by atoms with Gasteiger partial charge >= 0.3 is 0 Å². The molecule has 2 aliphatic carbocycles. The highest BCUT2D eigenvalue weighted by molar-refractivity contribution is 7.13. The third-order valence-electron chi connectivity index (χ3n) is 8.50. The molecule has 2 fully saturated rings. The molecule has 2 saturated carbocycles. The highest BCUT2D eigenvalue weighted by Crippen LogP contribution is 2.50. The lowest BCUT2D eigenvalue weighted by molar-refractivity contribution is 0.104. The van der Waals surface area contributed by atoms with Gasteiger partial charge in [-0.1, -0.05) is 30.7 Å². The van der Waals surface area contributed by atoms with Crippen LogP contribution in [0.25, 0.3) is 21.1 Å². The Kier molecular flexibility index (Phi) is 7.50. The molecule has 5 nitrogen and oxygen atoms in total. The summed E-state index contributed by atoms with van der Waals surface area (Å²) in [6.45, 7) is 4.08. The van der Waals surface area contributed by atoms with Crippen molar-refractivity contribution >= 4 is 22.7 Å². The molecule has 2 heterocycles. The van der Waals surface area contributed by atoms with Gasteiger partial charge in [-0.25, -0.2) is 9.97 Å². The van der Waals surface area contributed by atoms with Crippen LogP contribution in [0.2, 0.25) is 0 Å². The summed E-state index contributed by atoms with van der Waals surface area (Å²) < 4.78 is 11.2. The van der Waals surface area contributed by atoms with Crippen molar-refractivity contribution in [2.45, 2.75) is 51.7 Å². The smallest absolute Gasteiger partial charge is 0.129 e. The average Bonchev–Trinajstić information content (AvgIpc) is 3.78. The van der Waals surface area contributed by atoms with Crippen molar-refractivity contribution in [1.29, 1.82) is 0 Å². The molecule has 2 aromatic heterocycles. The molecule has 198 valence electrons. The molecular formula is C31H35N3O2S2. The van der Waals surface area contributed by atoms with Crippen LogP contribution in [-0.4, -0.2) is 35.1 Å². The molecule has 2 bridgehead atoms. The fourth-order valence-corrected chi connectivity index (χ4v) is 8.25. The normalized spacial score (nSPS) is 21.2. The first-order chi connectivity index (χ1) is 18.6. The zero-order valence-electron chi connectivity index (χ0n) is 22.3. The Morgan fingerprint density at radius 3 is 1.84 bits per heavy atom. The van der Waals surface area contributed by atoms with Gasteiger partial charge in [0.1, 0.15) is 21.5 Å². The fraction of sp³-hybridized carbons (Fsp3) is 0.419. The van der Waals surface area contributed by atoms with Crippen LogP contribution in [0.3, 0.4) is 0 Å². The summed E-state index contributed by atoms with van der Waals surface area (Å²) >= 11 is 3.39. The second-order valence-corrected chi connectivity index (χ2v) is 12.4. The van der Waals surface area contributed by atoms with Crippen LogP contribution >= 0.6 is 22.7 Å². The summed E-state index contributed by atoms with van der Waals surface area (Å²) in [5.74, 6) is 4.30. The van der Waals surface area contributed by atoms with Crippen molar-refractivity contribution in [3.05, 3.63) is 70.7 Å². The number of aromatic nitrogens is 2. The van der Waals surface area contributed by atoms with Crippen LogP contribution in [0, 0.1) is 17.8 Å². The first-order valence-electron chi connectivity index (χ1n) is 13.5. The number of thiazole rings is 2. The molecular weight excluding hydrogens is 510 g/mol. The van der Waals surface area contributed by atoms with E-state index in [0.717, 1.165) is 74.9 Å². The predicted molar refractivity (Wildman–Crippen MR) is 156 cm³/mol. The minimum atomic E-state index is 0.484. The zero-order chi connectivity index (χ0) is 26.1. The maximum absolute atomic E-state index is 5.60. The van der Waals surface area contributed by atoms with E-state index in [9.17, 15) is 0 Å². The highest BCUT2D eigenvalue weighted by atomic mass is 32.1. The molecule has 0 radical (unpaired) electrons. The van der Waals surface area contributed by atoms with Crippen LogP contribution in [0.4, 0.5) is 0 Å². The Bertz CT molecular complexity index is 1290. The van der Waals surface area contributed by atoms with Crippen LogP contribution in [0.5, 0.6) is 11.5 Å². The number of hydrogen-bond acceptors (Lipinski definition) is 7. The van der Waals surface area contributed by atoms with Gasteiger partial charge in [0, 0.05) is 29.9 Å². The molecule has 0 spiro atoms. The van der Waals surface area contributed by atoms with Crippen LogP contribution in [-0.2, 0) is 13.1 Å². The topological polar surface area (TPSA) is 47.5 Å². The van der Waals surface area contributed by atoms with Crippen molar-refractivity contribution < 1.29 is 9.47 Å². The van der Waals surface area contributed by atoms with Gasteiger partial charge < -0.3 is 9.47 Å². The first-order valence-corrected chi connectivity index (χ1v) is 15.3. The van der Waals surface area contributed by atoms with E-state index in [2.05, 4.69) is 34.7 Å². The van der Waals surface area contributed by atoms with Crippen LogP contribution in [0.15, 0.2) is 59.3 Å². The van der Waals surface area contributed by atoms with E-state index in [-0.39, 0.29) is 0 Å². The number of benzene rings is 2. The van der Waals surface area contributed by atoms with Crippen molar-refractivity contribution in [2.75, 3.05) is 14.2 Å². The van der Waals surface area contributed by atoms with Gasteiger partial charge in [-0.2, -0.15) is 0 Å². The predicted octanol–water partition coefficient (Wildman–Crippen LogP) is 7.78. The molecule has 0 N–H and O–H groups in total. The molecule has 2 aromatic carbocycles. The van der Waals surface area contributed by atoms with E-state index in [1.807, 2.05) is 36.4 Å². The van der Waals surface area contributed by atoms with E-state index in [1.165, 1.54) is 25.7 Å². The van der Waals surface area contributed by atoms with Gasteiger partial charge in [0.15, 0.2) is 0 Å². The van der Waals surface area contributed by atoms with Gasteiger partial charge in [-0.05, 0) is 68.2 Å². The third kappa shape index (κ3) is 5.12. The van der Waals surface area contributed by atoms with E-state index < -0.39 is 0 Å². The Hall–Kier alpha value is -2.74. The maximum atomic E-state index is 5.60. The van der Waals surface area contributed by atoms with Crippen molar-refractivity contribution in [1.82, 2.24) is 14.9 Å². The SMILES string of the molecule is COc1ccccc1-c1nc(CN(Cc2csc(-c3ccccc3OC)n2)[C@@H](C)[C@@H]2C[C@H]3CC[C@H]2C3)cs1. The minimum Gasteiger partial charge on any atom is -0.496 e. The molecule has 38 heavy (non-hydrogen) atoms. The van der Waals surface area contributed by atoms with E-state index in [1.54, 1.807) is 36.9 Å². The highest BCUT2D eigenvalue weighted by Gasteiger charge is 2.43. The van der Waals surface area contributed by atoms with Gasteiger partial charge in [0.05, 0.1) is 36.7 Å². The molecule has 2 aliphatic rings. The lowest BCUT2D eigenvalue weighted by Gasteiger charge is -2.36. The maximum Gasteiger partial charge on any atom is 0.129 e. The molecule has 0 amide bonds. The number of methoxy groups -OCH3 is 2. The third-order valence-corrected chi connectivity index (χ3v) is 10.3. The Labute approximate surface area is 233 Å². The summed E-state index contributed by atoms with van der Waals surface area (Å²) in [7, 11) is 3.44. The molecule has 6 rings (SSSR count). The van der Waals surface area contributed by atoms with Crippen LogP contribution < -0.4 is 9.47 Å². The van der Waals surface area contributed by atoms with E-state index in [4.69, 9.17) is 19.4 Å². The number of fused-ring (bicyclic) bond motifs is 2. The average molecular weight is 546 g/mol. The zero-order valence-corrected chi connectivity index (χ0v) is 23.9. The fourth-order valence-electron chi connectivity index (χ4n) is 6.56. The summed E-state index contributed by atoms with van der Waals surface area (Å²) in [6, 6.07) is 16.8. The van der Waals surface area contributed by atoms with Gasteiger partial charge in [-0.3, -0.25) is 4.90 Å². The monoisotopic (exact) mass is 545 g/mol. The standard InChI is InChI=1S/C31H35N3O2S2/c1-20(27-15-21-12-13-22(27)14-21)34(16-23-18-37-30(32-23)25-8-4-6-10-28(25)35-2)17-24-19-38-31(33-24)26-9-5-7-11-29(26)36-3/h4-11,18-22,27H,12-17H2,1-3H3/t20-,21-,22-,27-/m0/s1. The number of nitrogens with zero attached hydrogens (tertiary/aromatic N) is 3. The second kappa shape index (κ2) is 11.2. The molecule has 4 atom stereocenters. The Morgan fingerprint density at radius 2 is 1.37 bits per heavy atom. The van der Waals surface area contributed by atoms with Gasteiger partial charge in [0.25, 0.3) is 0 Å². The summed E-state index contributed by atoms with van der Waals surface area (Å²) in [5, 5.41) is 6.45.